The largest absolute Gasteiger partial charge is 0.489 e. The first kappa shape index (κ1) is 21.7. The van der Waals surface area contributed by atoms with Crippen molar-refractivity contribution in [3.63, 3.8) is 0 Å². The van der Waals surface area contributed by atoms with Crippen LogP contribution in [0.3, 0.4) is 0 Å². The molecular formula is C26H20FN3O3. The summed E-state index contributed by atoms with van der Waals surface area (Å²) in [5, 5.41) is 5.31. The van der Waals surface area contributed by atoms with E-state index in [1.807, 2.05) is 30.3 Å². The maximum absolute atomic E-state index is 13.9. The van der Waals surface area contributed by atoms with Crippen LogP contribution in [0.2, 0.25) is 0 Å². The summed E-state index contributed by atoms with van der Waals surface area (Å²) in [5.41, 5.74) is 1.89. The molecule has 0 saturated heterocycles. The summed E-state index contributed by atoms with van der Waals surface area (Å²) in [7, 11) is 0. The van der Waals surface area contributed by atoms with Crippen LogP contribution in [0.4, 0.5) is 15.8 Å². The van der Waals surface area contributed by atoms with Crippen molar-refractivity contribution in [2.45, 2.75) is 6.61 Å². The molecule has 164 valence electrons. The first-order valence-corrected chi connectivity index (χ1v) is 10.2. The van der Waals surface area contributed by atoms with Crippen LogP contribution >= 0.6 is 0 Å². The molecule has 0 aliphatic rings. The van der Waals surface area contributed by atoms with Crippen molar-refractivity contribution in [2.24, 2.45) is 0 Å². The van der Waals surface area contributed by atoms with Crippen LogP contribution in [0.1, 0.15) is 26.4 Å². The Labute approximate surface area is 190 Å². The molecule has 0 saturated carbocycles. The van der Waals surface area contributed by atoms with Gasteiger partial charge in [-0.05, 0) is 54.1 Å². The molecule has 7 heteroatoms. The minimum Gasteiger partial charge on any atom is -0.489 e. The molecule has 2 N–H and O–H groups in total. The predicted octanol–water partition coefficient (Wildman–Crippen LogP) is 5.30. The zero-order valence-electron chi connectivity index (χ0n) is 17.5. The minimum absolute atomic E-state index is 0.125. The van der Waals surface area contributed by atoms with E-state index in [1.165, 1.54) is 18.3 Å². The Bertz CT molecular complexity index is 1260. The lowest BCUT2D eigenvalue weighted by atomic mass is 10.1. The zero-order valence-corrected chi connectivity index (χ0v) is 17.5. The van der Waals surface area contributed by atoms with E-state index < -0.39 is 17.6 Å². The Balaban J connectivity index is 1.48. The molecule has 0 bridgehead atoms. The number of nitrogens with one attached hydrogen (secondary N) is 2. The molecule has 0 unspecified atom stereocenters. The second kappa shape index (κ2) is 10.2. The number of hydrogen-bond acceptors (Lipinski definition) is 4. The van der Waals surface area contributed by atoms with Gasteiger partial charge in [0.2, 0.25) is 0 Å². The van der Waals surface area contributed by atoms with Gasteiger partial charge in [0.05, 0.1) is 11.4 Å². The lowest BCUT2D eigenvalue weighted by Crippen LogP contribution is -2.17. The van der Waals surface area contributed by atoms with Crippen molar-refractivity contribution in [1.29, 1.82) is 0 Å². The van der Waals surface area contributed by atoms with Gasteiger partial charge in [0, 0.05) is 11.8 Å². The fourth-order valence-corrected chi connectivity index (χ4v) is 3.07. The zero-order chi connectivity index (χ0) is 23.0. The second-order valence-electron chi connectivity index (χ2n) is 7.12. The van der Waals surface area contributed by atoms with Crippen LogP contribution in [0.5, 0.6) is 5.75 Å². The van der Waals surface area contributed by atoms with Crippen molar-refractivity contribution in [2.75, 3.05) is 10.6 Å². The highest BCUT2D eigenvalue weighted by Crippen LogP contribution is 2.25. The van der Waals surface area contributed by atoms with Gasteiger partial charge < -0.3 is 15.4 Å². The molecule has 3 aromatic carbocycles. The van der Waals surface area contributed by atoms with E-state index in [4.69, 9.17) is 4.74 Å². The third-order valence-corrected chi connectivity index (χ3v) is 4.72. The summed E-state index contributed by atoms with van der Waals surface area (Å²) in [6.45, 7) is 0.361. The average Bonchev–Trinajstić information content (AvgIpc) is 2.85. The third-order valence-electron chi connectivity index (χ3n) is 4.72. The normalized spacial score (nSPS) is 10.3. The Morgan fingerprint density at radius 2 is 1.58 bits per heavy atom. The molecule has 0 aliphatic heterocycles. The van der Waals surface area contributed by atoms with E-state index in [0.29, 0.717) is 17.9 Å². The van der Waals surface area contributed by atoms with Gasteiger partial charge in [0.1, 0.15) is 23.9 Å². The number of amides is 2. The van der Waals surface area contributed by atoms with Gasteiger partial charge >= 0.3 is 0 Å². The van der Waals surface area contributed by atoms with Gasteiger partial charge in [0.25, 0.3) is 11.8 Å². The average molecular weight is 441 g/mol. The molecule has 4 aromatic rings. The predicted molar refractivity (Wildman–Crippen MR) is 124 cm³/mol. The van der Waals surface area contributed by atoms with Crippen LogP contribution in [0, 0.1) is 5.82 Å². The lowest BCUT2D eigenvalue weighted by molar-refractivity contribution is 0.101. The minimum atomic E-state index is -0.555. The number of aromatic nitrogens is 1. The summed E-state index contributed by atoms with van der Waals surface area (Å²) in [5.74, 6) is -0.983. The van der Waals surface area contributed by atoms with Crippen LogP contribution in [0.15, 0.2) is 97.2 Å². The van der Waals surface area contributed by atoms with E-state index in [1.54, 1.807) is 42.5 Å². The Morgan fingerprint density at radius 1 is 0.788 bits per heavy atom. The lowest BCUT2D eigenvalue weighted by Gasteiger charge is -2.13. The summed E-state index contributed by atoms with van der Waals surface area (Å²) in [6, 6.07) is 25.0. The number of halogens is 1. The van der Waals surface area contributed by atoms with Gasteiger partial charge in [-0.1, -0.05) is 42.5 Å². The van der Waals surface area contributed by atoms with Crippen molar-refractivity contribution in [1.82, 2.24) is 4.98 Å². The maximum Gasteiger partial charge on any atom is 0.274 e. The molecule has 6 nitrogen and oxygen atoms in total. The SMILES string of the molecule is O=C(Nc1cc(F)ccc1NC(=O)c1ccccn1)c1cccc(OCc2ccccc2)c1. The van der Waals surface area contributed by atoms with Gasteiger partial charge in [-0.2, -0.15) is 0 Å². The third kappa shape index (κ3) is 5.80. The number of benzene rings is 3. The van der Waals surface area contributed by atoms with Gasteiger partial charge in [0.15, 0.2) is 0 Å². The number of hydrogen-bond donors (Lipinski definition) is 2. The van der Waals surface area contributed by atoms with E-state index in [-0.39, 0.29) is 17.1 Å². The topological polar surface area (TPSA) is 80.3 Å². The van der Waals surface area contributed by atoms with Gasteiger partial charge in [-0.25, -0.2) is 4.39 Å². The molecule has 1 heterocycles. The molecule has 0 radical (unpaired) electrons. The second-order valence-corrected chi connectivity index (χ2v) is 7.12. The molecular weight excluding hydrogens is 421 g/mol. The van der Waals surface area contributed by atoms with E-state index in [9.17, 15) is 14.0 Å². The van der Waals surface area contributed by atoms with E-state index in [0.717, 1.165) is 11.6 Å². The smallest absolute Gasteiger partial charge is 0.274 e. The number of nitrogens with zero attached hydrogens (tertiary/aromatic N) is 1. The fraction of sp³-hybridized carbons (Fsp3) is 0.0385. The monoisotopic (exact) mass is 441 g/mol. The molecule has 0 spiro atoms. The molecule has 33 heavy (non-hydrogen) atoms. The van der Waals surface area contributed by atoms with Crippen LogP contribution in [-0.4, -0.2) is 16.8 Å². The molecule has 2 amide bonds. The van der Waals surface area contributed by atoms with Crippen molar-refractivity contribution >= 4 is 23.2 Å². The molecule has 0 fully saturated rings. The van der Waals surface area contributed by atoms with E-state index in [2.05, 4.69) is 15.6 Å². The fourth-order valence-electron chi connectivity index (χ4n) is 3.07. The Morgan fingerprint density at radius 3 is 2.36 bits per heavy atom. The molecule has 4 rings (SSSR count). The number of carbonyl (C=O) groups is 2. The van der Waals surface area contributed by atoms with Crippen molar-refractivity contribution < 1.29 is 18.7 Å². The first-order valence-electron chi connectivity index (χ1n) is 10.2. The number of anilines is 2. The summed E-state index contributed by atoms with van der Waals surface area (Å²) >= 11 is 0. The highest BCUT2D eigenvalue weighted by Gasteiger charge is 2.14. The Hall–Kier alpha value is -4.52. The van der Waals surface area contributed by atoms with Crippen LogP contribution < -0.4 is 15.4 Å². The summed E-state index contributed by atoms with van der Waals surface area (Å²) in [4.78, 5) is 29.3. The molecule has 0 atom stereocenters. The Kier molecular flexibility index (Phi) is 6.70. The number of carbonyl (C=O) groups excluding carboxylic acids is 2. The van der Waals surface area contributed by atoms with Crippen LogP contribution in [-0.2, 0) is 6.61 Å². The van der Waals surface area contributed by atoms with E-state index >= 15 is 0 Å². The summed E-state index contributed by atoms with van der Waals surface area (Å²) in [6.07, 6.45) is 1.50. The number of rotatable bonds is 7. The maximum atomic E-state index is 13.9. The van der Waals surface area contributed by atoms with Gasteiger partial charge in [-0.3, -0.25) is 14.6 Å². The number of ether oxygens (including phenoxy) is 1. The first-order chi connectivity index (χ1) is 16.1. The number of pyridine rings is 1. The van der Waals surface area contributed by atoms with Crippen molar-refractivity contribution in [3.8, 4) is 5.75 Å². The van der Waals surface area contributed by atoms with Crippen molar-refractivity contribution in [3.05, 3.63) is 120 Å². The summed E-state index contributed by atoms with van der Waals surface area (Å²) < 4.78 is 19.7. The highest BCUT2D eigenvalue weighted by atomic mass is 19.1. The molecule has 1 aromatic heterocycles. The van der Waals surface area contributed by atoms with Gasteiger partial charge in [-0.15, -0.1) is 0 Å². The standard InChI is InChI=1S/C26H20FN3O3/c27-20-12-13-22(29-26(32)23-11-4-5-14-28-23)24(16-20)30-25(31)19-9-6-10-21(15-19)33-17-18-7-2-1-3-8-18/h1-16H,17H2,(H,29,32)(H,30,31). The quantitative estimate of drug-likeness (QED) is 0.408. The molecule has 0 aliphatic carbocycles. The highest BCUT2D eigenvalue weighted by molar-refractivity contribution is 6.09. The van der Waals surface area contributed by atoms with Crippen LogP contribution in [0.25, 0.3) is 0 Å².